The summed E-state index contributed by atoms with van der Waals surface area (Å²) in [6, 6.07) is 9.21. The Morgan fingerprint density at radius 2 is 1.97 bits per heavy atom. The molecular weight excluding hydrogens is 517 g/mol. The Kier molecular flexibility index (Phi) is 9.01. The monoisotopic (exact) mass is 542 g/mol. The molecule has 0 saturated carbocycles. The molecule has 198 valence electrons. The van der Waals surface area contributed by atoms with Crippen molar-refractivity contribution in [2.45, 2.75) is 35.9 Å². The van der Waals surface area contributed by atoms with E-state index in [2.05, 4.69) is 10.1 Å². The van der Waals surface area contributed by atoms with Crippen LogP contribution in [-0.2, 0) is 21.6 Å². The Hall–Kier alpha value is -3.43. The lowest BCUT2D eigenvalue weighted by atomic mass is 9.90. The molecule has 38 heavy (non-hydrogen) atoms. The first-order valence-corrected chi connectivity index (χ1v) is 12.7. The van der Waals surface area contributed by atoms with Gasteiger partial charge in [0.25, 0.3) is 0 Å². The summed E-state index contributed by atoms with van der Waals surface area (Å²) in [5.41, 5.74) is -1.17. The van der Waals surface area contributed by atoms with E-state index in [1.807, 2.05) is 6.07 Å². The van der Waals surface area contributed by atoms with E-state index >= 15 is 0 Å². The van der Waals surface area contributed by atoms with Crippen molar-refractivity contribution in [2.24, 2.45) is 0 Å². The molecule has 2 atom stereocenters. The van der Waals surface area contributed by atoms with Crippen LogP contribution in [-0.4, -0.2) is 49.9 Å². The lowest BCUT2D eigenvalue weighted by molar-refractivity contribution is -0.146. The molecule has 1 N–H and O–H groups in total. The number of benzene rings is 2. The van der Waals surface area contributed by atoms with Crippen LogP contribution in [0.25, 0.3) is 6.08 Å². The van der Waals surface area contributed by atoms with Gasteiger partial charge >= 0.3 is 0 Å². The van der Waals surface area contributed by atoms with Gasteiger partial charge in [-0.05, 0) is 24.3 Å². The fraction of sp³-hybridized carbons (Fsp3) is 0.296. The molecule has 3 aromatic rings. The molecule has 1 aromatic heterocycles. The first-order chi connectivity index (χ1) is 18.3. The number of nitrogens with zero attached hydrogens (tertiary/aromatic N) is 4. The van der Waals surface area contributed by atoms with E-state index in [-0.39, 0.29) is 22.9 Å². The number of allylic oxidation sites excluding steroid dienone is 2. The van der Waals surface area contributed by atoms with Gasteiger partial charge in [-0.1, -0.05) is 37.3 Å². The molecule has 2 aromatic carbocycles. The van der Waals surface area contributed by atoms with Crippen LogP contribution in [0.5, 0.6) is 0 Å². The fourth-order valence-corrected chi connectivity index (χ4v) is 5.29. The van der Waals surface area contributed by atoms with E-state index in [0.29, 0.717) is 18.8 Å². The highest BCUT2D eigenvalue weighted by atomic mass is 32.2. The van der Waals surface area contributed by atoms with E-state index in [9.17, 15) is 18.3 Å². The molecule has 1 fully saturated rings. The van der Waals surface area contributed by atoms with Gasteiger partial charge in [0, 0.05) is 22.4 Å². The second kappa shape index (κ2) is 12.4. The lowest BCUT2D eigenvalue weighted by Crippen LogP contribution is -2.43. The van der Waals surface area contributed by atoms with E-state index in [1.54, 1.807) is 31.2 Å². The first-order valence-electron chi connectivity index (χ1n) is 11.7. The average Bonchev–Trinajstić information content (AvgIpc) is 3.40. The molecule has 0 bridgehead atoms. The summed E-state index contributed by atoms with van der Waals surface area (Å²) < 4.78 is 55.1. The molecule has 2 heterocycles. The topological polar surface area (TPSA) is 93.2 Å². The van der Waals surface area contributed by atoms with Crippen molar-refractivity contribution in [3.05, 3.63) is 101 Å². The van der Waals surface area contributed by atoms with Crippen molar-refractivity contribution in [1.82, 2.24) is 14.8 Å². The Bertz CT molecular complexity index is 1340. The number of hydrogen-bond acceptors (Lipinski definition) is 7. The van der Waals surface area contributed by atoms with Crippen LogP contribution in [0, 0.1) is 28.8 Å². The number of aromatic nitrogens is 3. The Morgan fingerprint density at radius 1 is 1.18 bits per heavy atom. The minimum Gasteiger partial charge on any atom is -0.382 e. The zero-order valence-electron chi connectivity index (χ0n) is 20.4. The Balaban J connectivity index is 1.36. The second-order valence-electron chi connectivity index (χ2n) is 8.67. The number of halogens is 3. The molecule has 4 rings (SSSR count). The van der Waals surface area contributed by atoms with Crippen molar-refractivity contribution < 1.29 is 27.8 Å². The summed E-state index contributed by atoms with van der Waals surface area (Å²) in [7, 11) is 0. The van der Waals surface area contributed by atoms with E-state index in [4.69, 9.17) is 14.7 Å². The van der Waals surface area contributed by atoms with Crippen molar-refractivity contribution in [1.29, 1.82) is 5.26 Å². The molecule has 0 unspecified atom stereocenters. The molecule has 1 aliphatic rings. The van der Waals surface area contributed by atoms with Crippen LogP contribution in [0.3, 0.4) is 0 Å². The number of rotatable bonds is 9. The highest BCUT2D eigenvalue weighted by Gasteiger charge is 2.41. The van der Waals surface area contributed by atoms with E-state index in [0.717, 1.165) is 12.1 Å². The van der Waals surface area contributed by atoms with Crippen LogP contribution in [0.4, 0.5) is 13.2 Å². The minimum atomic E-state index is -1.72. The third-order valence-corrected chi connectivity index (χ3v) is 7.47. The summed E-state index contributed by atoms with van der Waals surface area (Å²) in [5, 5.41) is 23.8. The highest BCUT2D eigenvalue weighted by molar-refractivity contribution is 8.00. The number of ether oxygens (including phenoxy) is 2. The summed E-state index contributed by atoms with van der Waals surface area (Å²) in [5.74, 6) is -2.08. The van der Waals surface area contributed by atoms with Gasteiger partial charge < -0.3 is 14.6 Å². The first kappa shape index (κ1) is 27.6. The van der Waals surface area contributed by atoms with E-state index in [1.165, 1.54) is 53.4 Å². The number of aliphatic hydroxyl groups is 1. The molecule has 0 radical (unpaired) electrons. The molecule has 0 aliphatic carbocycles. The maximum atomic E-state index is 14.7. The SMILES string of the molecule is C[C@@H](SC1COC(/C=C\C=C\c2ccc(C#N)cc2F)OC1)[C@](O)(Cn1cncn1)c1ccc(F)cc1F. The third kappa shape index (κ3) is 6.71. The number of nitriles is 1. The lowest BCUT2D eigenvalue weighted by Gasteiger charge is -2.37. The quantitative estimate of drug-likeness (QED) is 0.396. The van der Waals surface area contributed by atoms with Crippen LogP contribution in [0.15, 0.2) is 67.3 Å². The molecule has 11 heteroatoms. The standard InChI is InChI=1S/C27H25F3N4O3S/c1-18(27(35,15-34-17-32-16-33-34)23-9-8-21(28)11-25(23)30)38-22-13-36-26(37-14-22)5-3-2-4-20-7-6-19(12-31)10-24(20)29/h2-11,16-18,22,26,35H,13-15H2,1H3/b4-2+,5-3-/t18-,22?,26?,27-/m1/s1. The van der Waals surface area contributed by atoms with Gasteiger partial charge in [-0.25, -0.2) is 22.8 Å². The van der Waals surface area contributed by atoms with Crippen LogP contribution < -0.4 is 0 Å². The second-order valence-corrected chi connectivity index (χ2v) is 10.3. The Morgan fingerprint density at radius 3 is 2.63 bits per heavy atom. The van der Waals surface area contributed by atoms with Crippen LogP contribution >= 0.6 is 11.8 Å². The van der Waals surface area contributed by atoms with Crippen LogP contribution in [0.2, 0.25) is 0 Å². The van der Waals surface area contributed by atoms with Gasteiger partial charge in [0.15, 0.2) is 6.29 Å². The predicted molar refractivity (Wildman–Crippen MR) is 136 cm³/mol. The summed E-state index contributed by atoms with van der Waals surface area (Å²) in [6.07, 6.45) is 8.68. The van der Waals surface area contributed by atoms with Crippen molar-refractivity contribution in [2.75, 3.05) is 13.2 Å². The maximum Gasteiger partial charge on any atom is 0.177 e. The number of thioether (sulfide) groups is 1. The van der Waals surface area contributed by atoms with E-state index < -0.39 is 34.6 Å². The Labute approximate surface area is 222 Å². The molecule has 0 spiro atoms. The van der Waals surface area contributed by atoms with Gasteiger partial charge in [0.05, 0.1) is 36.6 Å². The van der Waals surface area contributed by atoms with Crippen LogP contribution in [0.1, 0.15) is 23.6 Å². The molecular formula is C27H25F3N4O3S. The normalized spacial score (nSPS) is 20.4. The van der Waals surface area contributed by atoms with Gasteiger partial charge in [-0.3, -0.25) is 0 Å². The molecule has 0 amide bonds. The zero-order chi connectivity index (χ0) is 27.1. The van der Waals surface area contributed by atoms with Gasteiger partial charge in [-0.2, -0.15) is 10.4 Å². The zero-order valence-corrected chi connectivity index (χ0v) is 21.2. The average molecular weight is 543 g/mol. The largest absolute Gasteiger partial charge is 0.382 e. The van der Waals surface area contributed by atoms with Crippen molar-refractivity contribution in [3.8, 4) is 6.07 Å². The number of hydrogen-bond donors (Lipinski definition) is 1. The van der Waals surface area contributed by atoms with Crippen molar-refractivity contribution >= 4 is 17.8 Å². The predicted octanol–water partition coefficient (Wildman–Crippen LogP) is 4.59. The third-order valence-electron chi connectivity index (χ3n) is 6.01. The molecule has 1 saturated heterocycles. The molecule has 1 aliphatic heterocycles. The van der Waals surface area contributed by atoms with Gasteiger partial charge in [-0.15, -0.1) is 11.8 Å². The highest BCUT2D eigenvalue weighted by Crippen LogP contribution is 2.38. The van der Waals surface area contributed by atoms with Gasteiger partial charge in [0.2, 0.25) is 0 Å². The summed E-state index contributed by atoms with van der Waals surface area (Å²) in [6.45, 7) is 2.28. The maximum absolute atomic E-state index is 14.7. The van der Waals surface area contributed by atoms with Gasteiger partial charge in [0.1, 0.15) is 35.7 Å². The fourth-order valence-electron chi connectivity index (χ4n) is 3.97. The summed E-state index contributed by atoms with van der Waals surface area (Å²) >= 11 is 1.36. The molecule has 7 nitrogen and oxygen atoms in total. The van der Waals surface area contributed by atoms with Crippen molar-refractivity contribution in [3.63, 3.8) is 0 Å². The smallest absolute Gasteiger partial charge is 0.177 e. The summed E-state index contributed by atoms with van der Waals surface area (Å²) in [4.78, 5) is 3.88. The minimum absolute atomic E-state index is 0.0432.